The van der Waals surface area contributed by atoms with E-state index in [0.29, 0.717) is 6.67 Å². The van der Waals surface area contributed by atoms with E-state index in [1.54, 1.807) is 0 Å². The lowest BCUT2D eigenvalue weighted by atomic mass is 10.3. The second-order valence-corrected chi connectivity index (χ2v) is 5.52. The summed E-state index contributed by atoms with van der Waals surface area (Å²) in [5.74, 6) is 0. The zero-order valence-corrected chi connectivity index (χ0v) is 13.1. The van der Waals surface area contributed by atoms with E-state index in [-0.39, 0.29) is 17.3 Å². The number of hydrogen-bond donors (Lipinski definition) is 0. The summed E-state index contributed by atoms with van der Waals surface area (Å²) in [6.07, 6.45) is 2.24. The summed E-state index contributed by atoms with van der Waals surface area (Å²) in [4.78, 5) is 14.5. The Hall–Kier alpha value is -0.840. The predicted molar refractivity (Wildman–Crippen MR) is 85.5 cm³/mol. The van der Waals surface area contributed by atoms with Crippen LogP contribution in [0.3, 0.4) is 0 Å². The van der Waals surface area contributed by atoms with Crippen LogP contribution in [-0.2, 0) is 6.67 Å². The van der Waals surface area contributed by atoms with E-state index in [0.717, 1.165) is 36.1 Å². The van der Waals surface area contributed by atoms with Crippen LogP contribution in [0.2, 0.25) is 0 Å². The molecule has 0 amide bonds. The van der Waals surface area contributed by atoms with Crippen LogP contribution < -0.4 is 4.87 Å². The van der Waals surface area contributed by atoms with Gasteiger partial charge in [-0.25, -0.2) is 0 Å². The molecule has 1 aromatic carbocycles. The molecule has 2 rings (SSSR count). The summed E-state index contributed by atoms with van der Waals surface area (Å²) in [7, 11) is 0. The lowest BCUT2D eigenvalue weighted by Crippen LogP contribution is -2.31. The van der Waals surface area contributed by atoms with E-state index in [2.05, 4.69) is 18.7 Å². The first-order chi connectivity index (χ1) is 8.76. The smallest absolute Gasteiger partial charge is 0.286 e. The maximum Gasteiger partial charge on any atom is 0.309 e. The van der Waals surface area contributed by atoms with Crippen molar-refractivity contribution < 1.29 is 0 Å². The first-order valence-electron chi connectivity index (χ1n) is 6.57. The second kappa shape index (κ2) is 7.68. The molecule has 2 aromatic rings. The fraction of sp³-hybridized carbons (Fsp3) is 0.500. The van der Waals surface area contributed by atoms with Gasteiger partial charge in [-0.1, -0.05) is 37.3 Å². The third-order valence-corrected chi connectivity index (χ3v) is 3.95. The van der Waals surface area contributed by atoms with Gasteiger partial charge in [0.2, 0.25) is 0 Å². The molecule has 1 heterocycles. The van der Waals surface area contributed by atoms with Crippen molar-refractivity contribution in [3.05, 3.63) is 33.9 Å². The summed E-state index contributed by atoms with van der Waals surface area (Å²) < 4.78 is 2.97. The van der Waals surface area contributed by atoms with Crippen molar-refractivity contribution in [3.63, 3.8) is 0 Å². The summed E-state index contributed by atoms with van der Waals surface area (Å²) in [5, 5.41) is 0. The van der Waals surface area contributed by atoms with Gasteiger partial charge in [-0.15, -0.1) is 12.4 Å². The quantitative estimate of drug-likeness (QED) is 0.815. The van der Waals surface area contributed by atoms with E-state index in [1.165, 1.54) is 11.3 Å². The second-order valence-electron chi connectivity index (χ2n) is 4.52. The van der Waals surface area contributed by atoms with Crippen molar-refractivity contribution in [3.8, 4) is 0 Å². The number of halogens is 1. The average Bonchev–Trinajstić information content (AvgIpc) is 2.67. The zero-order valence-electron chi connectivity index (χ0n) is 11.5. The highest BCUT2D eigenvalue weighted by molar-refractivity contribution is 7.16. The van der Waals surface area contributed by atoms with E-state index in [1.807, 2.05) is 28.8 Å². The van der Waals surface area contributed by atoms with Crippen LogP contribution in [0.4, 0.5) is 0 Å². The number of nitrogens with zero attached hydrogens (tertiary/aromatic N) is 2. The Morgan fingerprint density at radius 3 is 2.42 bits per heavy atom. The van der Waals surface area contributed by atoms with Crippen molar-refractivity contribution in [2.75, 3.05) is 13.1 Å². The molecule has 0 spiro atoms. The molecule has 5 heteroatoms. The van der Waals surface area contributed by atoms with Crippen molar-refractivity contribution in [1.29, 1.82) is 0 Å². The molecule has 106 valence electrons. The summed E-state index contributed by atoms with van der Waals surface area (Å²) in [6.45, 7) is 7.16. The van der Waals surface area contributed by atoms with E-state index >= 15 is 0 Å². The Kier molecular flexibility index (Phi) is 6.55. The molecule has 0 atom stereocenters. The van der Waals surface area contributed by atoms with Crippen LogP contribution in [0, 0.1) is 0 Å². The number of thiazole rings is 1. The monoisotopic (exact) mass is 300 g/mol. The van der Waals surface area contributed by atoms with Gasteiger partial charge in [0.15, 0.2) is 0 Å². The molecule has 0 N–H and O–H groups in total. The maximum atomic E-state index is 12.0. The summed E-state index contributed by atoms with van der Waals surface area (Å²) in [5.41, 5.74) is 1.06. The molecule has 0 fully saturated rings. The van der Waals surface area contributed by atoms with E-state index < -0.39 is 0 Å². The van der Waals surface area contributed by atoms with Gasteiger partial charge in [0.05, 0.1) is 16.9 Å². The predicted octanol–water partition coefficient (Wildman–Crippen LogP) is 3.56. The molecule has 0 bridgehead atoms. The van der Waals surface area contributed by atoms with Gasteiger partial charge in [0.1, 0.15) is 0 Å². The molecule has 0 unspecified atom stereocenters. The van der Waals surface area contributed by atoms with Gasteiger partial charge in [-0.3, -0.25) is 14.3 Å². The third-order valence-electron chi connectivity index (χ3n) is 2.99. The van der Waals surface area contributed by atoms with Gasteiger partial charge < -0.3 is 0 Å². The fourth-order valence-corrected chi connectivity index (χ4v) is 3.12. The maximum absolute atomic E-state index is 12.0. The molecule has 0 radical (unpaired) electrons. The molecule has 0 saturated carbocycles. The van der Waals surface area contributed by atoms with Crippen molar-refractivity contribution in [1.82, 2.24) is 9.47 Å². The lowest BCUT2D eigenvalue weighted by Gasteiger charge is -2.21. The first-order valence-corrected chi connectivity index (χ1v) is 7.38. The Morgan fingerprint density at radius 1 is 1.16 bits per heavy atom. The Labute approximate surface area is 124 Å². The van der Waals surface area contributed by atoms with Gasteiger partial charge in [-0.2, -0.15) is 0 Å². The topological polar surface area (TPSA) is 25.2 Å². The van der Waals surface area contributed by atoms with Crippen LogP contribution in [0.25, 0.3) is 10.2 Å². The highest BCUT2D eigenvalue weighted by atomic mass is 35.5. The van der Waals surface area contributed by atoms with Gasteiger partial charge >= 0.3 is 4.87 Å². The number of rotatable bonds is 6. The minimum absolute atomic E-state index is 0. The van der Waals surface area contributed by atoms with Crippen LogP contribution in [-0.4, -0.2) is 22.6 Å². The zero-order chi connectivity index (χ0) is 13.0. The summed E-state index contributed by atoms with van der Waals surface area (Å²) in [6, 6.07) is 8.03. The molecule has 1 aromatic heterocycles. The number of para-hydroxylation sites is 1. The number of fused-ring (bicyclic) bond motifs is 1. The standard InChI is InChI=1S/C14H20N2OS.ClH/c1-3-9-15(10-4-2)11-16-12-7-5-6-8-13(12)18-14(16)17;/h5-8H,3-4,9-11H2,1-2H3;1H. The Bertz CT molecular complexity index is 558. The highest BCUT2D eigenvalue weighted by Crippen LogP contribution is 2.16. The minimum atomic E-state index is 0. The average molecular weight is 301 g/mol. The van der Waals surface area contributed by atoms with Crippen molar-refractivity contribution in [2.24, 2.45) is 0 Å². The molecule has 3 nitrogen and oxygen atoms in total. The summed E-state index contributed by atoms with van der Waals surface area (Å²) >= 11 is 1.34. The van der Waals surface area contributed by atoms with Crippen LogP contribution in [0.1, 0.15) is 26.7 Å². The normalized spacial score (nSPS) is 10.9. The molecular weight excluding hydrogens is 280 g/mol. The van der Waals surface area contributed by atoms with Crippen molar-refractivity contribution in [2.45, 2.75) is 33.4 Å². The van der Waals surface area contributed by atoms with Gasteiger partial charge in [0.25, 0.3) is 0 Å². The Morgan fingerprint density at radius 2 is 1.79 bits per heavy atom. The van der Waals surface area contributed by atoms with Gasteiger partial charge in [0, 0.05) is 0 Å². The third kappa shape index (κ3) is 3.81. The molecule has 0 aliphatic heterocycles. The molecule has 0 saturated heterocycles. The van der Waals surface area contributed by atoms with Crippen LogP contribution >= 0.6 is 23.7 Å². The fourth-order valence-electron chi connectivity index (χ4n) is 2.23. The number of hydrogen-bond acceptors (Lipinski definition) is 3. The van der Waals surface area contributed by atoms with Gasteiger partial charge in [-0.05, 0) is 38.1 Å². The van der Waals surface area contributed by atoms with Crippen molar-refractivity contribution >= 4 is 34.0 Å². The first kappa shape index (κ1) is 16.2. The minimum Gasteiger partial charge on any atom is -0.286 e. The molecule has 0 aliphatic rings. The largest absolute Gasteiger partial charge is 0.309 e. The highest BCUT2D eigenvalue weighted by Gasteiger charge is 2.10. The molecular formula is C14H21ClN2OS. The molecule has 0 aliphatic carbocycles. The number of benzene rings is 1. The SMILES string of the molecule is CCCN(CCC)Cn1c(=O)sc2ccccc21.Cl. The van der Waals surface area contributed by atoms with E-state index in [9.17, 15) is 4.79 Å². The Balaban J connectivity index is 0.00000180. The number of aromatic nitrogens is 1. The van der Waals surface area contributed by atoms with E-state index in [4.69, 9.17) is 0 Å². The molecule has 19 heavy (non-hydrogen) atoms. The van der Waals surface area contributed by atoms with Crippen LogP contribution in [0.5, 0.6) is 0 Å². The van der Waals surface area contributed by atoms with Crippen LogP contribution in [0.15, 0.2) is 29.1 Å². The lowest BCUT2D eigenvalue weighted by molar-refractivity contribution is 0.220.